The van der Waals surface area contributed by atoms with E-state index in [2.05, 4.69) is 53.7 Å². The van der Waals surface area contributed by atoms with Crippen molar-refractivity contribution in [1.82, 2.24) is 0 Å². The number of hydrogen-bond acceptors (Lipinski definition) is 4. The number of hydrogen-bond donors (Lipinski definition) is 3. The normalized spacial score (nSPS) is 42.5. The molecule has 0 aromatic carbocycles. The summed E-state index contributed by atoms with van der Waals surface area (Å²) in [5.74, 6) is 1.79. The van der Waals surface area contributed by atoms with Crippen molar-refractivity contribution in [3.05, 3.63) is 23.3 Å². The molecular formula is C30H48O4. The fourth-order valence-electron chi connectivity index (χ4n) is 8.80. The molecule has 0 amide bonds. The summed E-state index contributed by atoms with van der Waals surface area (Å²) in [6, 6.07) is 0. The zero-order valence-corrected chi connectivity index (χ0v) is 22.6. The highest BCUT2D eigenvalue weighted by Crippen LogP contribution is 2.71. The molecular weight excluding hydrogens is 424 g/mol. The van der Waals surface area contributed by atoms with Crippen molar-refractivity contribution < 1.29 is 20.1 Å². The van der Waals surface area contributed by atoms with Gasteiger partial charge in [0.05, 0.1) is 12.7 Å². The fraction of sp³-hybridized carbons (Fsp3) is 0.833. The molecule has 0 aromatic heterocycles. The van der Waals surface area contributed by atoms with Gasteiger partial charge in [-0.1, -0.05) is 53.7 Å². The van der Waals surface area contributed by atoms with Crippen molar-refractivity contribution in [2.45, 2.75) is 112 Å². The van der Waals surface area contributed by atoms with Crippen molar-refractivity contribution in [3.8, 4) is 0 Å². The van der Waals surface area contributed by atoms with E-state index in [1.54, 1.807) is 5.57 Å². The lowest BCUT2D eigenvalue weighted by Gasteiger charge is -2.59. The van der Waals surface area contributed by atoms with Gasteiger partial charge in [-0.2, -0.15) is 0 Å². The zero-order valence-electron chi connectivity index (χ0n) is 22.6. The van der Waals surface area contributed by atoms with Gasteiger partial charge in [-0.15, -0.1) is 0 Å². The van der Waals surface area contributed by atoms with Crippen molar-refractivity contribution in [2.24, 2.45) is 39.4 Å². The predicted octanol–water partition coefficient (Wildman–Crippen LogP) is 5.60. The van der Waals surface area contributed by atoms with E-state index < -0.39 is 18.3 Å². The minimum atomic E-state index is -1.44. The van der Waals surface area contributed by atoms with Gasteiger partial charge in [0, 0.05) is 11.8 Å². The third-order valence-electron chi connectivity index (χ3n) is 11.7. The summed E-state index contributed by atoms with van der Waals surface area (Å²) in [5, 5.41) is 30.0. The largest absolute Gasteiger partial charge is 0.393 e. The molecule has 0 aliphatic heterocycles. The van der Waals surface area contributed by atoms with Gasteiger partial charge < -0.3 is 15.3 Å². The molecule has 0 radical (unpaired) electrons. The number of allylic oxidation sites excluding steroid dienone is 4. The topological polar surface area (TPSA) is 77.8 Å². The molecule has 8 atom stereocenters. The predicted molar refractivity (Wildman–Crippen MR) is 136 cm³/mol. The molecule has 0 aromatic rings. The lowest BCUT2D eigenvalue weighted by atomic mass is 9.44. The molecule has 4 aliphatic carbocycles. The summed E-state index contributed by atoms with van der Waals surface area (Å²) < 4.78 is 0. The third-order valence-corrected chi connectivity index (χ3v) is 11.7. The van der Waals surface area contributed by atoms with E-state index in [0.717, 1.165) is 25.7 Å². The van der Waals surface area contributed by atoms with Crippen LogP contribution in [0.4, 0.5) is 0 Å². The Labute approximate surface area is 206 Å². The molecule has 2 saturated carbocycles. The maximum Gasteiger partial charge on any atom is 0.138 e. The maximum atomic E-state index is 12.8. The fourth-order valence-corrected chi connectivity index (χ4v) is 8.80. The van der Waals surface area contributed by atoms with Crippen molar-refractivity contribution in [3.63, 3.8) is 0 Å². The molecule has 0 bridgehead atoms. The lowest BCUT2D eigenvalue weighted by Crippen LogP contribution is -2.53. The molecule has 4 aliphatic rings. The smallest absolute Gasteiger partial charge is 0.138 e. The summed E-state index contributed by atoms with van der Waals surface area (Å²) >= 11 is 0. The van der Waals surface area contributed by atoms with Crippen LogP contribution in [0.15, 0.2) is 23.3 Å². The van der Waals surface area contributed by atoms with Gasteiger partial charge in [-0.25, -0.2) is 0 Å². The molecule has 4 heteroatoms. The Hall–Kier alpha value is -0.970. The maximum absolute atomic E-state index is 12.8. The summed E-state index contributed by atoms with van der Waals surface area (Å²) in [7, 11) is 0. The van der Waals surface area contributed by atoms with Gasteiger partial charge in [-0.3, -0.25) is 4.79 Å². The van der Waals surface area contributed by atoms with E-state index in [4.69, 9.17) is 0 Å². The molecule has 3 N–H and O–H groups in total. The highest BCUT2D eigenvalue weighted by Gasteiger charge is 2.63. The first-order chi connectivity index (χ1) is 15.6. The highest BCUT2D eigenvalue weighted by atomic mass is 16.4. The van der Waals surface area contributed by atoms with E-state index in [0.29, 0.717) is 36.4 Å². The van der Waals surface area contributed by atoms with E-state index in [9.17, 15) is 20.1 Å². The van der Waals surface area contributed by atoms with Gasteiger partial charge in [0.1, 0.15) is 11.4 Å². The van der Waals surface area contributed by atoms with Crippen LogP contribution in [-0.2, 0) is 4.79 Å². The summed E-state index contributed by atoms with van der Waals surface area (Å²) in [6.45, 7) is 15.1. The van der Waals surface area contributed by atoms with Crippen LogP contribution < -0.4 is 0 Å². The summed E-state index contributed by atoms with van der Waals surface area (Å²) in [4.78, 5) is 12.8. The molecule has 2 fully saturated rings. The molecule has 1 unspecified atom stereocenters. The first kappa shape index (κ1) is 26.1. The van der Waals surface area contributed by atoms with Crippen LogP contribution in [0.5, 0.6) is 0 Å². The number of rotatable bonds is 6. The van der Waals surface area contributed by atoms with Gasteiger partial charge in [0.2, 0.25) is 0 Å². The Balaban J connectivity index is 1.60. The van der Waals surface area contributed by atoms with Crippen LogP contribution in [0.1, 0.15) is 99.8 Å². The average Bonchev–Trinajstić information content (AvgIpc) is 3.06. The number of aliphatic hydroxyl groups is 3. The van der Waals surface area contributed by atoms with Crippen LogP contribution in [0.2, 0.25) is 0 Å². The number of carbonyl (C=O) groups is 1. The lowest BCUT2D eigenvalue weighted by molar-refractivity contribution is -0.138. The Morgan fingerprint density at radius 1 is 1.09 bits per heavy atom. The van der Waals surface area contributed by atoms with Crippen LogP contribution >= 0.6 is 0 Å². The zero-order chi connectivity index (χ0) is 25.3. The Morgan fingerprint density at radius 3 is 2.41 bits per heavy atom. The second-order valence-electron chi connectivity index (χ2n) is 13.8. The molecule has 4 nitrogen and oxygen atoms in total. The molecule has 192 valence electrons. The number of carbonyl (C=O) groups excluding carboxylic acids is 1. The quantitative estimate of drug-likeness (QED) is 0.470. The second-order valence-corrected chi connectivity index (χ2v) is 13.8. The van der Waals surface area contributed by atoms with Gasteiger partial charge in [-0.05, 0) is 97.0 Å². The van der Waals surface area contributed by atoms with Crippen LogP contribution in [0, 0.1) is 39.4 Å². The van der Waals surface area contributed by atoms with E-state index in [1.165, 1.54) is 25.3 Å². The third kappa shape index (κ3) is 3.53. The number of ketones is 1. The Kier molecular flexibility index (Phi) is 6.36. The van der Waals surface area contributed by atoms with Gasteiger partial charge >= 0.3 is 0 Å². The Morgan fingerprint density at radius 2 is 1.76 bits per heavy atom. The number of Topliss-reactive ketones (excluding diaryl/α,β-unsaturated/α-hetero) is 1. The van der Waals surface area contributed by atoms with Crippen molar-refractivity contribution in [2.75, 3.05) is 6.61 Å². The minimum absolute atomic E-state index is 0.0789. The van der Waals surface area contributed by atoms with Crippen molar-refractivity contribution in [1.29, 1.82) is 0 Å². The first-order valence-corrected chi connectivity index (χ1v) is 13.6. The number of fused-ring (bicyclic) bond motifs is 5. The highest BCUT2D eigenvalue weighted by molar-refractivity contribution is 5.86. The van der Waals surface area contributed by atoms with Gasteiger partial charge in [0.25, 0.3) is 0 Å². The first-order valence-electron chi connectivity index (χ1n) is 13.6. The number of aliphatic hydroxyl groups excluding tert-OH is 2. The monoisotopic (exact) mass is 472 g/mol. The second kappa shape index (κ2) is 8.28. The van der Waals surface area contributed by atoms with Gasteiger partial charge in [0.15, 0.2) is 0 Å². The van der Waals surface area contributed by atoms with Crippen LogP contribution in [-0.4, -0.2) is 39.4 Å². The molecule has 0 saturated heterocycles. The van der Waals surface area contributed by atoms with E-state index in [1.807, 2.05) is 0 Å². The van der Waals surface area contributed by atoms with E-state index in [-0.39, 0.29) is 21.7 Å². The SMILES string of the molecule is C[C@H](CC[C@@H](O)[C@@](C)(O)CO)[C@H]1CC[C@@]2(C)C3=CCC4C(C)(C)C(=O)CC[C@]4(C)C3=CC[C@]12C. The van der Waals surface area contributed by atoms with Crippen LogP contribution in [0.25, 0.3) is 0 Å². The standard InChI is InChI=1S/C30H48O4/c1-19(8-11-25(33)30(7,34)18-31)20-12-16-29(6)22-9-10-23-26(2,3)24(32)14-15-27(23,4)21(22)13-17-28(20,29)5/h9,13,19-20,23,25,31,33-34H,8,10-12,14-18H2,1-7H3/t19-,20-,23?,25-,27-,28-,29+,30+/m1/s1. The van der Waals surface area contributed by atoms with Crippen molar-refractivity contribution >= 4 is 5.78 Å². The molecule has 0 spiro atoms. The summed E-state index contributed by atoms with van der Waals surface area (Å²) in [5.41, 5.74) is 1.76. The summed E-state index contributed by atoms with van der Waals surface area (Å²) in [6.07, 6.45) is 11.6. The molecule has 4 rings (SSSR count). The molecule has 0 heterocycles. The average molecular weight is 473 g/mol. The molecule has 34 heavy (non-hydrogen) atoms. The minimum Gasteiger partial charge on any atom is -0.393 e. The van der Waals surface area contributed by atoms with E-state index >= 15 is 0 Å². The van der Waals surface area contributed by atoms with Crippen LogP contribution in [0.3, 0.4) is 0 Å². The Bertz CT molecular complexity index is 897.